The standard InChI is InChI=1S/C20H25/c1-13(2)18-8-7-9-19(14(3)4)20(18)17-11-15(5)10-16(6)12-17/h7-11,13-14H,1-6H3. The maximum absolute atomic E-state index is 3.55. The summed E-state index contributed by atoms with van der Waals surface area (Å²) in [6.07, 6.45) is 0. The summed E-state index contributed by atoms with van der Waals surface area (Å²) in [5.41, 5.74) is 8.02. The van der Waals surface area contributed by atoms with Gasteiger partial charge < -0.3 is 0 Å². The van der Waals surface area contributed by atoms with E-state index in [1.165, 1.54) is 33.4 Å². The van der Waals surface area contributed by atoms with Gasteiger partial charge in [0, 0.05) is 0 Å². The third kappa shape index (κ3) is 2.95. The van der Waals surface area contributed by atoms with Gasteiger partial charge in [-0.15, -0.1) is 0 Å². The van der Waals surface area contributed by atoms with E-state index in [1.54, 1.807) is 0 Å². The summed E-state index contributed by atoms with van der Waals surface area (Å²) in [5.74, 6) is 1.05. The first-order chi connectivity index (χ1) is 9.40. The van der Waals surface area contributed by atoms with E-state index in [2.05, 4.69) is 77.9 Å². The van der Waals surface area contributed by atoms with Gasteiger partial charge in [-0.05, 0) is 59.6 Å². The first-order valence-corrected chi connectivity index (χ1v) is 7.54. The average Bonchev–Trinajstić information content (AvgIpc) is 2.36. The zero-order valence-electron chi connectivity index (χ0n) is 13.5. The molecule has 0 spiro atoms. The van der Waals surface area contributed by atoms with Crippen LogP contribution in [0, 0.1) is 19.9 Å². The molecule has 0 heterocycles. The summed E-state index contributed by atoms with van der Waals surface area (Å²) < 4.78 is 0. The average molecular weight is 265 g/mol. The molecule has 2 rings (SSSR count). The Labute approximate surface area is 123 Å². The predicted molar refractivity (Wildman–Crippen MR) is 88.4 cm³/mol. The summed E-state index contributed by atoms with van der Waals surface area (Å²) in [6, 6.07) is 14.7. The van der Waals surface area contributed by atoms with Gasteiger partial charge in [-0.1, -0.05) is 63.6 Å². The van der Waals surface area contributed by atoms with Crippen molar-refractivity contribution in [2.75, 3.05) is 0 Å². The molecule has 105 valence electrons. The molecule has 0 N–H and O–H groups in total. The Kier molecular flexibility index (Phi) is 4.32. The van der Waals surface area contributed by atoms with Gasteiger partial charge in [0.2, 0.25) is 0 Å². The molecular formula is C20H25. The Balaban J connectivity index is 2.75. The second-order valence-electron chi connectivity index (χ2n) is 6.38. The van der Waals surface area contributed by atoms with Crippen LogP contribution in [0.2, 0.25) is 0 Å². The summed E-state index contributed by atoms with van der Waals surface area (Å²) in [6.45, 7) is 13.4. The minimum Gasteiger partial charge on any atom is -0.0617 e. The molecule has 0 aliphatic carbocycles. The van der Waals surface area contributed by atoms with Gasteiger partial charge in [-0.3, -0.25) is 0 Å². The summed E-state index contributed by atoms with van der Waals surface area (Å²) in [7, 11) is 0. The Morgan fingerprint density at radius 3 is 1.85 bits per heavy atom. The van der Waals surface area contributed by atoms with Gasteiger partial charge >= 0.3 is 0 Å². The van der Waals surface area contributed by atoms with Crippen molar-refractivity contribution in [1.82, 2.24) is 0 Å². The van der Waals surface area contributed by atoms with Gasteiger partial charge in [0.25, 0.3) is 0 Å². The summed E-state index contributed by atoms with van der Waals surface area (Å²) >= 11 is 0. The van der Waals surface area contributed by atoms with E-state index in [0.717, 1.165) is 0 Å². The van der Waals surface area contributed by atoms with Crippen molar-refractivity contribution in [3.05, 3.63) is 58.7 Å². The van der Waals surface area contributed by atoms with Crippen molar-refractivity contribution in [2.24, 2.45) is 0 Å². The topological polar surface area (TPSA) is 0 Å². The molecule has 0 unspecified atom stereocenters. The van der Waals surface area contributed by atoms with Crippen LogP contribution in [0.3, 0.4) is 0 Å². The molecule has 20 heavy (non-hydrogen) atoms. The van der Waals surface area contributed by atoms with Gasteiger partial charge in [0.05, 0.1) is 0 Å². The van der Waals surface area contributed by atoms with Gasteiger partial charge in [-0.25, -0.2) is 0 Å². The molecule has 0 aliphatic rings. The second kappa shape index (κ2) is 5.83. The smallest absolute Gasteiger partial charge is 0.00668 e. The fraction of sp³-hybridized carbons (Fsp3) is 0.400. The highest BCUT2D eigenvalue weighted by atomic mass is 14.2. The van der Waals surface area contributed by atoms with E-state index in [-0.39, 0.29) is 0 Å². The quantitative estimate of drug-likeness (QED) is 0.636. The van der Waals surface area contributed by atoms with Crippen LogP contribution in [0.4, 0.5) is 0 Å². The molecular weight excluding hydrogens is 240 g/mol. The first kappa shape index (κ1) is 14.8. The van der Waals surface area contributed by atoms with Crippen molar-refractivity contribution in [2.45, 2.75) is 53.4 Å². The van der Waals surface area contributed by atoms with E-state index >= 15 is 0 Å². The zero-order chi connectivity index (χ0) is 14.9. The van der Waals surface area contributed by atoms with Crippen LogP contribution in [-0.4, -0.2) is 0 Å². The number of aryl methyl sites for hydroxylation is 2. The highest BCUT2D eigenvalue weighted by molar-refractivity contribution is 5.73. The van der Waals surface area contributed by atoms with Gasteiger partial charge in [0.15, 0.2) is 0 Å². The van der Waals surface area contributed by atoms with Crippen LogP contribution in [0.25, 0.3) is 11.1 Å². The molecule has 0 amide bonds. The Morgan fingerprint density at radius 1 is 0.850 bits per heavy atom. The monoisotopic (exact) mass is 265 g/mol. The van der Waals surface area contributed by atoms with Crippen LogP contribution in [0.5, 0.6) is 0 Å². The molecule has 0 saturated heterocycles. The number of benzene rings is 2. The highest BCUT2D eigenvalue weighted by Gasteiger charge is 2.15. The molecule has 0 aliphatic heterocycles. The lowest BCUT2D eigenvalue weighted by Gasteiger charge is -2.20. The van der Waals surface area contributed by atoms with Crippen molar-refractivity contribution >= 4 is 0 Å². The highest BCUT2D eigenvalue weighted by Crippen LogP contribution is 2.36. The van der Waals surface area contributed by atoms with Crippen molar-refractivity contribution < 1.29 is 0 Å². The van der Waals surface area contributed by atoms with Gasteiger partial charge in [0.1, 0.15) is 0 Å². The first-order valence-electron chi connectivity index (χ1n) is 7.54. The molecule has 0 nitrogen and oxygen atoms in total. The molecule has 0 bridgehead atoms. The fourth-order valence-electron chi connectivity index (χ4n) is 2.89. The lowest BCUT2D eigenvalue weighted by molar-refractivity contribution is 0.838. The molecule has 0 fully saturated rings. The van der Waals surface area contributed by atoms with E-state index in [9.17, 15) is 0 Å². The molecule has 0 aromatic heterocycles. The zero-order valence-corrected chi connectivity index (χ0v) is 13.5. The molecule has 1 radical (unpaired) electrons. The molecule has 0 saturated carbocycles. The van der Waals surface area contributed by atoms with Crippen LogP contribution in [-0.2, 0) is 0 Å². The Morgan fingerprint density at radius 2 is 1.40 bits per heavy atom. The van der Waals surface area contributed by atoms with E-state index in [4.69, 9.17) is 0 Å². The lowest BCUT2D eigenvalue weighted by atomic mass is 9.84. The second-order valence-corrected chi connectivity index (χ2v) is 6.38. The number of hydrogen-bond acceptors (Lipinski definition) is 0. The van der Waals surface area contributed by atoms with Crippen LogP contribution >= 0.6 is 0 Å². The maximum atomic E-state index is 3.55. The lowest BCUT2D eigenvalue weighted by Crippen LogP contribution is -2.00. The number of rotatable bonds is 3. The molecule has 0 heteroatoms. The van der Waals surface area contributed by atoms with E-state index < -0.39 is 0 Å². The van der Waals surface area contributed by atoms with Crippen LogP contribution < -0.4 is 0 Å². The van der Waals surface area contributed by atoms with E-state index in [0.29, 0.717) is 11.8 Å². The third-order valence-electron chi connectivity index (χ3n) is 3.79. The van der Waals surface area contributed by atoms with Crippen molar-refractivity contribution in [1.29, 1.82) is 0 Å². The minimum atomic E-state index is 0.526. The predicted octanol–water partition coefficient (Wildman–Crippen LogP) is 6.02. The molecule has 2 aromatic carbocycles. The van der Waals surface area contributed by atoms with Crippen LogP contribution in [0.15, 0.2) is 30.3 Å². The normalized spacial score (nSPS) is 11.4. The summed E-state index contributed by atoms with van der Waals surface area (Å²) in [5, 5.41) is 0. The Hall–Kier alpha value is -1.56. The molecule has 0 atom stereocenters. The van der Waals surface area contributed by atoms with Crippen molar-refractivity contribution in [3.8, 4) is 11.1 Å². The Bertz CT molecular complexity index is 557. The summed E-state index contributed by atoms with van der Waals surface area (Å²) in [4.78, 5) is 0. The maximum Gasteiger partial charge on any atom is -0.00668 e. The largest absolute Gasteiger partial charge is 0.0617 e. The van der Waals surface area contributed by atoms with Crippen molar-refractivity contribution in [3.63, 3.8) is 0 Å². The van der Waals surface area contributed by atoms with Crippen LogP contribution in [0.1, 0.15) is 61.8 Å². The van der Waals surface area contributed by atoms with E-state index in [1.807, 2.05) is 0 Å². The fourth-order valence-corrected chi connectivity index (χ4v) is 2.89. The molecule has 2 aromatic rings. The number of hydrogen-bond donors (Lipinski definition) is 0. The van der Waals surface area contributed by atoms with Gasteiger partial charge in [-0.2, -0.15) is 0 Å². The third-order valence-corrected chi connectivity index (χ3v) is 3.79. The minimum absolute atomic E-state index is 0.526. The SMILES string of the molecule is Cc1[c]c(-c2c(C(C)C)cccc2C(C)C)cc(C)c1.